The Kier molecular flexibility index (Phi) is 4.42. The lowest BCUT2D eigenvalue weighted by atomic mass is 10.2. The molecule has 18 heavy (non-hydrogen) atoms. The highest BCUT2D eigenvalue weighted by Gasteiger charge is 2.10. The molecular formula is C12H7Cl2IN2O. The molecule has 0 aliphatic heterocycles. The van der Waals surface area contributed by atoms with Crippen molar-refractivity contribution < 1.29 is 4.79 Å². The monoisotopic (exact) mass is 392 g/mol. The third kappa shape index (κ3) is 3.34. The Labute approximate surface area is 128 Å². The number of nitrogens with one attached hydrogen (secondary N) is 1. The van der Waals surface area contributed by atoms with Gasteiger partial charge in [-0.25, -0.2) is 4.98 Å². The van der Waals surface area contributed by atoms with Crippen LogP contribution in [0.1, 0.15) is 10.4 Å². The SMILES string of the molecule is O=C(Nc1ccc(Cl)cn1)c1ccc(Cl)cc1I. The van der Waals surface area contributed by atoms with Crippen LogP contribution in [0.15, 0.2) is 36.5 Å². The lowest BCUT2D eigenvalue weighted by Crippen LogP contribution is -2.14. The standard InChI is InChI=1S/C12H7Cl2IN2O/c13-7-1-3-9(10(15)5-7)12(18)17-11-4-2-8(14)6-16-11/h1-6H,(H,16,17,18). The van der Waals surface area contributed by atoms with Crippen LogP contribution in [-0.4, -0.2) is 10.9 Å². The van der Waals surface area contributed by atoms with Crippen molar-refractivity contribution in [3.05, 3.63) is 55.7 Å². The molecule has 1 aromatic carbocycles. The van der Waals surface area contributed by atoms with Crippen molar-refractivity contribution in [1.29, 1.82) is 0 Å². The zero-order valence-electron chi connectivity index (χ0n) is 8.95. The van der Waals surface area contributed by atoms with E-state index in [2.05, 4.69) is 32.9 Å². The molecule has 0 saturated carbocycles. The van der Waals surface area contributed by atoms with E-state index < -0.39 is 0 Å². The fourth-order valence-corrected chi connectivity index (χ4v) is 2.54. The van der Waals surface area contributed by atoms with Gasteiger partial charge in [-0.15, -0.1) is 0 Å². The maximum Gasteiger partial charge on any atom is 0.257 e. The second-order valence-electron chi connectivity index (χ2n) is 3.44. The normalized spacial score (nSPS) is 10.2. The maximum atomic E-state index is 12.0. The van der Waals surface area contributed by atoms with E-state index in [0.29, 0.717) is 21.4 Å². The first-order valence-electron chi connectivity index (χ1n) is 4.94. The van der Waals surface area contributed by atoms with E-state index in [0.717, 1.165) is 3.57 Å². The molecule has 0 spiro atoms. The van der Waals surface area contributed by atoms with E-state index in [-0.39, 0.29) is 5.91 Å². The third-order valence-corrected chi connectivity index (χ3v) is 3.50. The van der Waals surface area contributed by atoms with E-state index >= 15 is 0 Å². The summed E-state index contributed by atoms with van der Waals surface area (Å²) in [7, 11) is 0. The van der Waals surface area contributed by atoms with E-state index in [1.807, 2.05) is 0 Å². The van der Waals surface area contributed by atoms with E-state index in [1.165, 1.54) is 6.20 Å². The molecule has 2 aromatic rings. The Hall–Kier alpha value is -0.850. The third-order valence-electron chi connectivity index (χ3n) is 2.14. The van der Waals surface area contributed by atoms with Crippen LogP contribution < -0.4 is 5.32 Å². The molecule has 0 radical (unpaired) electrons. The van der Waals surface area contributed by atoms with Crippen LogP contribution in [0.3, 0.4) is 0 Å². The number of rotatable bonds is 2. The minimum atomic E-state index is -0.231. The largest absolute Gasteiger partial charge is 0.307 e. The summed E-state index contributed by atoms with van der Waals surface area (Å²) in [6.07, 6.45) is 1.48. The number of pyridine rings is 1. The van der Waals surface area contributed by atoms with Gasteiger partial charge in [-0.2, -0.15) is 0 Å². The number of halogens is 3. The molecule has 92 valence electrons. The number of hydrogen-bond donors (Lipinski definition) is 1. The first kappa shape index (κ1) is 13.6. The lowest BCUT2D eigenvalue weighted by Gasteiger charge is -2.06. The fourth-order valence-electron chi connectivity index (χ4n) is 1.31. The highest BCUT2D eigenvalue weighted by molar-refractivity contribution is 14.1. The van der Waals surface area contributed by atoms with Gasteiger partial charge in [0, 0.05) is 14.8 Å². The fraction of sp³-hybridized carbons (Fsp3) is 0. The molecule has 0 atom stereocenters. The number of carbonyl (C=O) groups is 1. The van der Waals surface area contributed by atoms with Gasteiger partial charge in [-0.1, -0.05) is 23.2 Å². The molecule has 6 heteroatoms. The second kappa shape index (κ2) is 5.86. The molecule has 0 fully saturated rings. The van der Waals surface area contributed by atoms with E-state index in [1.54, 1.807) is 30.3 Å². The number of benzene rings is 1. The molecule has 1 N–H and O–H groups in total. The summed E-state index contributed by atoms with van der Waals surface area (Å²) in [4.78, 5) is 16.0. The van der Waals surface area contributed by atoms with Crippen molar-refractivity contribution >= 4 is 57.5 Å². The van der Waals surface area contributed by atoms with Crippen molar-refractivity contribution in [3.8, 4) is 0 Å². The minimum absolute atomic E-state index is 0.231. The predicted octanol–water partition coefficient (Wildman–Crippen LogP) is 4.25. The van der Waals surface area contributed by atoms with Gasteiger partial charge in [0.05, 0.1) is 10.6 Å². The van der Waals surface area contributed by atoms with Crippen LogP contribution in [-0.2, 0) is 0 Å². The van der Waals surface area contributed by atoms with Crippen molar-refractivity contribution in [2.45, 2.75) is 0 Å². The zero-order chi connectivity index (χ0) is 13.1. The number of nitrogens with zero attached hydrogens (tertiary/aromatic N) is 1. The Balaban J connectivity index is 2.19. The van der Waals surface area contributed by atoms with Crippen molar-refractivity contribution in [3.63, 3.8) is 0 Å². The predicted molar refractivity (Wildman–Crippen MR) is 81.4 cm³/mol. The van der Waals surface area contributed by atoms with Crippen molar-refractivity contribution in [2.24, 2.45) is 0 Å². The smallest absolute Gasteiger partial charge is 0.257 e. The Morgan fingerprint density at radius 1 is 1.17 bits per heavy atom. The topological polar surface area (TPSA) is 42.0 Å². The molecular weight excluding hydrogens is 386 g/mol. The Morgan fingerprint density at radius 3 is 2.50 bits per heavy atom. The number of amides is 1. The van der Waals surface area contributed by atoms with E-state index in [4.69, 9.17) is 23.2 Å². The quantitative estimate of drug-likeness (QED) is 0.776. The molecule has 3 nitrogen and oxygen atoms in total. The summed E-state index contributed by atoms with van der Waals surface area (Å²) >= 11 is 13.6. The maximum absolute atomic E-state index is 12.0. The summed E-state index contributed by atoms with van der Waals surface area (Å²) in [6.45, 7) is 0. The van der Waals surface area contributed by atoms with Crippen molar-refractivity contribution in [1.82, 2.24) is 4.98 Å². The van der Waals surface area contributed by atoms with Crippen LogP contribution >= 0.6 is 45.8 Å². The van der Waals surface area contributed by atoms with Crippen LogP contribution in [0.5, 0.6) is 0 Å². The summed E-state index contributed by atoms with van der Waals surface area (Å²) in [5, 5.41) is 3.81. The number of carbonyl (C=O) groups excluding carboxylic acids is 1. The highest BCUT2D eigenvalue weighted by atomic mass is 127. The molecule has 1 amide bonds. The number of hydrogen-bond acceptors (Lipinski definition) is 2. The lowest BCUT2D eigenvalue weighted by molar-refractivity contribution is 0.102. The summed E-state index contributed by atoms with van der Waals surface area (Å²) in [5.41, 5.74) is 0.553. The summed E-state index contributed by atoms with van der Waals surface area (Å²) in [6, 6.07) is 8.38. The minimum Gasteiger partial charge on any atom is -0.307 e. The summed E-state index contributed by atoms with van der Waals surface area (Å²) < 4.78 is 0.784. The van der Waals surface area contributed by atoms with Gasteiger partial charge in [-0.05, 0) is 52.9 Å². The first-order chi connectivity index (χ1) is 8.56. The van der Waals surface area contributed by atoms with Crippen LogP contribution in [0.4, 0.5) is 5.82 Å². The Bertz CT molecular complexity index is 587. The average molecular weight is 393 g/mol. The molecule has 0 bridgehead atoms. The van der Waals surface area contributed by atoms with Gasteiger partial charge in [0.15, 0.2) is 0 Å². The van der Waals surface area contributed by atoms with Crippen LogP contribution in [0.2, 0.25) is 10.0 Å². The summed E-state index contributed by atoms with van der Waals surface area (Å²) in [5.74, 6) is 0.223. The molecule has 0 saturated heterocycles. The van der Waals surface area contributed by atoms with Gasteiger partial charge < -0.3 is 5.32 Å². The average Bonchev–Trinajstić information content (AvgIpc) is 2.32. The van der Waals surface area contributed by atoms with Gasteiger partial charge in [0.2, 0.25) is 0 Å². The second-order valence-corrected chi connectivity index (χ2v) is 5.48. The Morgan fingerprint density at radius 2 is 1.89 bits per heavy atom. The molecule has 0 aliphatic rings. The number of aromatic nitrogens is 1. The molecule has 2 rings (SSSR count). The molecule has 0 aliphatic carbocycles. The number of anilines is 1. The van der Waals surface area contributed by atoms with E-state index in [9.17, 15) is 4.79 Å². The van der Waals surface area contributed by atoms with Gasteiger partial charge in [-0.3, -0.25) is 4.79 Å². The molecule has 1 aromatic heterocycles. The molecule has 1 heterocycles. The first-order valence-corrected chi connectivity index (χ1v) is 6.77. The van der Waals surface area contributed by atoms with Crippen molar-refractivity contribution in [2.75, 3.05) is 5.32 Å². The van der Waals surface area contributed by atoms with Gasteiger partial charge >= 0.3 is 0 Å². The van der Waals surface area contributed by atoms with Crippen LogP contribution in [0, 0.1) is 3.57 Å². The van der Waals surface area contributed by atoms with Gasteiger partial charge in [0.1, 0.15) is 5.82 Å². The van der Waals surface area contributed by atoms with Crippen LogP contribution in [0.25, 0.3) is 0 Å². The molecule has 0 unspecified atom stereocenters. The highest BCUT2D eigenvalue weighted by Crippen LogP contribution is 2.19. The van der Waals surface area contributed by atoms with Gasteiger partial charge in [0.25, 0.3) is 5.91 Å². The zero-order valence-corrected chi connectivity index (χ0v) is 12.6.